The van der Waals surface area contributed by atoms with Gasteiger partial charge in [-0.25, -0.2) is 0 Å². The van der Waals surface area contributed by atoms with Crippen LogP contribution in [-0.4, -0.2) is 23.7 Å². The summed E-state index contributed by atoms with van der Waals surface area (Å²) < 4.78 is 5.27. The van der Waals surface area contributed by atoms with Gasteiger partial charge in [-0.05, 0) is 39.3 Å². The number of rotatable bonds is 4. The van der Waals surface area contributed by atoms with Crippen LogP contribution >= 0.6 is 11.8 Å². The molecule has 0 bridgehead atoms. The number of hydrogen-bond acceptors (Lipinski definition) is 4. The molecule has 4 nitrogen and oxygen atoms in total. The molecule has 2 atom stereocenters. The number of furan rings is 1. The molecule has 1 amide bonds. The minimum absolute atomic E-state index is 0.244. The molecule has 0 aromatic carbocycles. The Bertz CT molecular complexity index is 418. The van der Waals surface area contributed by atoms with Crippen molar-refractivity contribution in [2.24, 2.45) is 5.73 Å². The van der Waals surface area contributed by atoms with Crippen molar-refractivity contribution in [1.29, 1.82) is 0 Å². The second kappa shape index (κ2) is 4.74. The molecule has 1 aliphatic rings. The van der Waals surface area contributed by atoms with Crippen molar-refractivity contribution in [2.45, 2.75) is 41.9 Å². The van der Waals surface area contributed by atoms with E-state index in [-0.39, 0.29) is 5.91 Å². The first-order valence-corrected chi connectivity index (χ1v) is 6.65. The molecule has 1 aliphatic carbocycles. The molecule has 2 rings (SSSR count). The minimum atomic E-state index is -0.519. The Morgan fingerprint density at radius 1 is 1.71 bits per heavy atom. The highest BCUT2D eigenvalue weighted by Crippen LogP contribution is 2.41. The molecular weight excluding hydrogens is 236 g/mol. The fraction of sp³-hybridized carbons (Fsp3) is 0.583. The number of aryl methyl sites for hydroxylation is 1. The summed E-state index contributed by atoms with van der Waals surface area (Å²) in [6.07, 6.45) is 4.30. The molecule has 0 aliphatic heterocycles. The van der Waals surface area contributed by atoms with E-state index >= 15 is 0 Å². The van der Waals surface area contributed by atoms with Crippen molar-refractivity contribution in [3.63, 3.8) is 0 Å². The van der Waals surface area contributed by atoms with Crippen molar-refractivity contribution >= 4 is 17.7 Å². The normalized spacial score (nSPS) is 28.5. The summed E-state index contributed by atoms with van der Waals surface area (Å²) in [5, 5.41) is 3.51. The number of carbonyl (C=O) groups excluding carboxylic acids is 1. The molecule has 1 fully saturated rings. The molecule has 0 saturated heterocycles. The summed E-state index contributed by atoms with van der Waals surface area (Å²) in [5.41, 5.74) is 4.96. The van der Waals surface area contributed by atoms with Crippen molar-refractivity contribution in [2.75, 3.05) is 7.05 Å². The number of amides is 1. The predicted molar refractivity (Wildman–Crippen MR) is 67.9 cm³/mol. The Labute approximate surface area is 105 Å². The van der Waals surface area contributed by atoms with E-state index in [0.29, 0.717) is 5.25 Å². The Hall–Kier alpha value is -0.940. The highest BCUT2D eigenvalue weighted by atomic mass is 32.2. The lowest BCUT2D eigenvalue weighted by molar-refractivity contribution is -0.124. The van der Waals surface area contributed by atoms with E-state index in [1.807, 2.05) is 13.0 Å². The molecule has 1 heterocycles. The molecule has 3 N–H and O–H groups in total. The van der Waals surface area contributed by atoms with Crippen LogP contribution in [0.4, 0.5) is 0 Å². The molecule has 5 heteroatoms. The zero-order valence-corrected chi connectivity index (χ0v) is 11.0. The third kappa shape index (κ3) is 2.35. The van der Waals surface area contributed by atoms with Gasteiger partial charge in [0.15, 0.2) is 0 Å². The molecule has 0 radical (unpaired) electrons. The average Bonchev–Trinajstić information content (AvgIpc) is 2.88. The van der Waals surface area contributed by atoms with E-state index < -0.39 is 5.54 Å². The van der Waals surface area contributed by atoms with Crippen LogP contribution in [0, 0.1) is 6.92 Å². The SMILES string of the molecule is CNC1(C(N)=O)CCC(Sc2ccoc2C)C1. The van der Waals surface area contributed by atoms with Crippen LogP contribution in [0.2, 0.25) is 0 Å². The van der Waals surface area contributed by atoms with Crippen molar-refractivity contribution in [3.8, 4) is 0 Å². The molecule has 2 unspecified atom stereocenters. The van der Waals surface area contributed by atoms with E-state index in [4.69, 9.17) is 10.2 Å². The van der Waals surface area contributed by atoms with Gasteiger partial charge in [-0.15, -0.1) is 11.8 Å². The first kappa shape index (κ1) is 12.5. The minimum Gasteiger partial charge on any atom is -0.468 e. The van der Waals surface area contributed by atoms with E-state index in [2.05, 4.69) is 5.32 Å². The van der Waals surface area contributed by atoms with Crippen LogP contribution in [0.1, 0.15) is 25.0 Å². The number of primary amides is 1. The maximum atomic E-state index is 11.5. The Morgan fingerprint density at radius 3 is 2.94 bits per heavy atom. The maximum Gasteiger partial charge on any atom is 0.237 e. The largest absolute Gasteiger partial charge is 0.468 e. The van der Waals surface area contributed by atoms with E-state index in [1.54, 1.807) is 25.1 Å². The molecule has 1 aromatic rings. The zero-order chi connectivity index (χ0) is 12.5. The van der Waals surface area contributed by atoms with E-state index in [0.717, 1.165) is 29.9 Å². The number of carbonyl (C=O) groups is 1. The first-order chi connectivity index (χ1) is 8.07. The fourth-order valence-electron chi connectivity index (χ4n) is 2.35. The molecular formula is C12H18N2O2S. The van der Waals surface area contributed by atoms with E-state index in [9.17, 15) is 4.79 Å². The lowest BCUT2D eigenvalue weighted by Gasteiger charge is -2.24. The topological polar surface area (TPSA) is 68.3 Å². The summed E-state index contributed by atoms with van der Waals surface area (Å²) in [6.45, 7) is 1.96. The lowest BCUT2D eigenvalue weighted by atomic mass is 9.97. The summed E-state index contributed by atoms with van der Waals surface area (Å²) in [5.74, 6) is 0.697. The summed E-state index contributed by atoms with van der Waals surface area (Å²) in [7, 11) is 1.81. The maximum absolute atomic E-state index is 11.5. The van der Waals surface area contributed by atoms with Gasteiger partial charge in [0.05, 0.1) is 11.8 Å². The Morgan fingerprint density at radius 2 is 2.47 bits per heavy atom. The quantitative estimate of drug-likeness (QED) is 0.857. The highest BCUT2D eigenvalue weighted by molar-refractivity contribution is 8.00. The van der Waals surface area contributed by atoms with Gasteiger partial charge in [0.1, 0.15) is 5.76 Å². The first-order valence-electron chi connectivity index (χ1n) is 5.77. The number of nitrogens with one attached hydrogen (secondary N) is 1. The van der Waals surface area contributed by atoms with Crippen molar-refractivity contribution in [3.05, 3.63) is 18.1 Å². The number of nitrogens with two attached hydrogens (primary N) is 1. The third-order valence-electron chi connectivity index (χ3n) is 3.52. The van der Waals surface area contributed by atoms with Gasteiger partial charge < -0.3 is 15.5 Å². The van der Waals surface area contributed by atoms with Crippen LogP contribution in [0.5, 0.6) is 0 Å². The Balaban J connectivity index is 2.03. The molecule has 0 spiro atoms. The smallest absolute Gasteiger partial charge is 0.237 e. The molecule has 1 aromatic heterocycles. The van der Waals surface area contributed by atoms with Crippen LogP contribution in [-0.2, 0) is 4.79 Å². The van der Waals surface area contributed by atoms with Gasteiger partial charge >= 0.3 is 0 Å². The molecule has 17 heavy (non-hydrogen) atoms. The number of hydrogen-bond donors (Lipinski definition) is 2. The van der Waals surface area contributed by atoms with Crippen molar-refractivity contribution < 1.29 is 9.21 Å². The zero-order valence-electron chi connectivity index (χ0n) is 10.2. The highest BCUT2D eigenvalue weighted by Gasteiger charge is 2.43. The Kier molecular flexibility index (Phi) is 3.49. The van der Waals surface area contributed by atoms with Gasteiger partial charge in [-0.1, -0.05) is 0 Å². The van der Waals surface area contributed by atoms with Crippen LogP contribution < -0.4 is 11.1 Å². The van der Waals surface area contributed by atoms with Gasteiger partial charge in [0, 0.05) is 10.1 Å². The van der Waals surface area contributed by atoms with Gasteiger partial charge in [0.2, 0.25) is 5.91 Å². The third-order valence-corrected chi connectivity index (χ3v) is 4.94. The second-order valence-corrected chi connectivity index (χ2v) is 5.86. The van der Waals surface area contributed by atoms with E-state index in [1.165, 1.54) is 0 Å². The van der Waals surface area contributed by atoms with Crippen LogP contribution in [0.15, 0.2) is 21.6 Å². The standard InChI is InChI=1S/C12H18N2O2S/c1-8-10(4-6-16-8)17-9-3-5-12(7-9,14-2)11(13)15/h4,6,9,14H,3,5,7H2,1-2H3,(H2,13,15). The fourth-order valence-corrected chi connectivity index (χ4v) is 3.66. The van der Waals surface area contributed by atoms with Crippen molar-refractivity contribution in [1.82, 2.24) is 5.32 Å². The monoisotopic (exact) mass is 254 g/mol. The lowest BCUT2D eigenvalue weighted by Crippen LogP contribution is -2.52. The summed E-state index contributed by atoms with van der Waals surface area (Å²) in [4.78, 5) is 12.7. The van der Waals surface area contributed by atoms with Gasteiger partial charge in [-0.3, -0.25) is 4.79 Å². The molecule has 94 valence electrons. The number of thioether (sulfide) groups is 1. The average molecular weight is 254 g/mol. The second-order valence-electron chi connectivity index (χ2n) is 4.52. The number of likely N-dealkylation sites (N-methyl/N-ethyl adjacent to an activating group) is 1. The van der Waals surface area contributed by atoms with Gasteiger partial charge in [0.25, 0.3) is 0 Å². The summed E-state index contributed by atoms with van der Waals surface area (Å²) in [6, 6.07) is 1.98. The van der Waals surface area contributed by atoms with Gasteiger partial charge in [-0.2, -0.15) is 0 Å². The van der Waals surface area contributed by atoms with Crippen LogP contribution in [0.25, 0.3) is 0 Å². The summed E-state index contributed by atoms with van der Waals surface area (Å²) >= 11 is 1.78. The predicted octanol–water partition coefficient (Wildman–Crippen LogP) is 1.68. The molecule has 1 saturated carbocycles. The van der Waals surface area contributed by atoms with Crippen LogP contribution in [0.3, 0.4) is 0 Å².